The Labute approximate surface area is 51.9 Å². The lowest BCUT2D eigenvalue weighted by Gasteiger charge is -1.86. The molecule has 0 heterocycles. The summed E-state index contributed by atoms with van der Waals surface area (Å²) < 4.78 is 0. The van der Waals surface area contributed by atoms with Crippen LogP contribution < -0.4 is 0 Å². The third-order valence-electron chi connectivity index (χ3n) is 0.869. The van der Waals surface area contributed by atoms with E-state index >= 15 is 0 Å². The maximum absolute atomic E-state index is 3.78. The second-order valence-corrected chi connectivity index (χ2v) is 2.04. The van der Waals surface area contributed by atoms with Gasteiger partial charge < -0.3 is 0 Å². The maximum Gasteiger partial charge on any atom is -0.0144 e. The Kier molecular flexibility index (Phi) is 4.33. The van der Waals surface area contributed by atoms with E-state index in [1.165, 1.54) is 5.57 Å². The lowest BCUT2D eigenvalue weighted by Crippen LogP contribution is -1.65. The first-order valence-electron chi connectivity index (χ1n) is 3.06. The van der Waals surface area contributed by atoms with Crippen LogP contribution in [0, 0.1) is 0 Å². The zero-order valence-electron chi connectivity index (χ0n) is 5.78. The predicted octanol–water partition coefficient (Wildman–Crippen LogP) is 2.92. The lowest BCUT2D eigenvalue weighted by molar-refractivity contribution is 1.16. The van der Waals surface area contributed by atoms with Crippen LogP contribution in [0.1, 0.15) is 26.7 Å². The molecule has 0 bridgehead atoms. The maximum atomic E-state index is 3.78. The van der Waals surface area contributed by atoms with Crippen molar-refractivity contribution in [2.45, 2.75) is 26.7 Å². The van der Waals surface area contributed by atoms with E-state index < -0.39 is 0 Å². The van der Waals surface area contributed by atoms with Crippen LogP contribution in [0.4, 0.5) is 0 Å². The van der Waals surface area contributed by atoms with Crippen LogP contribution in [0.25, 0.3) is 0 Å². The van der Waals surface area contributed by atoms with Gasteiger partial charge >= 0.3 is 0 Å². The number of hydrogen-bond donors (Lipinski definition) is 0. The van der Waals surface area contributed by atoms with Crippen LogP contribution >= 0.6 is 0 Å². The molecule has 0 nitrogen and oxygen atoms in total. The quantitative estimate of drug-likeness (QED) is 0.490. The highest BCUT2D eigenvalue weighted by molar-refractivity contribution is 4.97. The summed E-state index contributed by atoms with van der Waals surface area (Å²) in [7, 11) is 0. The molecule has 0 aromatic heterocycles. The molecule has 0 radical (unpaired) electrons. The zero-order chi connectivity index (χ0) is 6.41. The van der Waals surface area contributed by atoms with Crippen LogP contribution in [0.3, 0.4) is 0 Å². The van der Waals surface area contributed by atoms with E-state index in [4.69, 9.17) is 0 Å². The number of hydrogen-bond acceptors (Lipinski definition) is 0. The molecule has 0 heteroatoms. The first-order chi connectivity index (χ1) is 3.77. The van der Waals surface area contributed by atoms with Crippen LogP contribution in [-0.2, 0) is 0 Å². The molecule has 0 aromatic rings. The average Bonchev–Trinajstić information content (AvgIpc) is 1.66. The van der Waals surface area contributed by atoms with Gasteiger partial charge in [-0.25, -0.2) is 0 Å². The molecule has 0 aliphatic carbocycles. The molecule has 0 unspecified atom stereocenters. The summed E-state index contributed by atoms with van der Waals surface area (Å²) >= 11 is 0. The molecule has 0 saturated carbocycles. The van der Waals surface area contributed by atoms with Crippen LogP contribution in [0.2, 0.25) is 0 Å². The molecule has 0 amide bonds. The summed E-state index contributed by atoms with van der Waals surface area (Å²) in [6.07, 6.45) is 6.48. The van der Waals surface area contributed by atoms with Gasteiger partial charge in [0.15, 0.2) is 0 Å². The third kappa shape index (κ3) is 5.48. The smallest absolute Gasteiger partial charge is 0.0144 e. The van der Waals surface area contributed by atoms with Gasteiger partial charge in [-0.2, -0.15) is 0 Å². The predicted molar refractivity (Wildman–Crippen MR) is 38.9 cm³/mol. The van der Waals surface area contributed by atoms with Gasteiger partial charge in [0.25, 0.3) is 0 Å². The minimum absolute atomic E-state index is 1.04. The van der Waals surface area contributed by atoms with Gasteiger partial charge in [-0.3, -0.25) is 0 Å². The topological polar surface area (TPSA) is 0 Å². The van der Waals surface area contributed by atoms with Crippen molar-refractivity contribution in [3.63, 3.8) is 0 Å². The molecule has 0 N–H and O–H groups in total. The first kappa shape index (κ1) is 7.48. The summed E-state index contributed by atoms with van der Waals surface area (Å²) in [5.74, 6) is 0. The summed E-state index contributed by atoms with van der Waals surface area (Å²) in [5, 5.41) is 0. The monoisotopic (exact) mass is 110 g/mol. The molecule has 46 valence electrons. The van der Waals surface area contributed by atoms with Crippen molar-refractivity contribution in [2.75, 3.05) is 0 Å². The molecule has 8 heavy (non-hydrogen) atoms. The molecule has 0 spiro atoms. The second-order valence-electron chi connectivity index (χ2n) is 2.04. The van der Waals surface area contributed by atoms with Crippen molar-refractivity contribution in [2.24, 2.45) is 0 Å². The van der Waals surface area contributed by atoms with Crippen molar-refractivity contribution < 1.29 is 0 Å². The summed E-state index contributed by atoms with van der Waals surface area (Å²) in [6, 6.07) is 0. The van der Waals surface area contributed by atoms with E-state index in [-0.39, 0.29) is 0 Å². The molecule has 0 rings (SSSR count). The summed E-state index contributed by atoms with van der Waals surface area (Å²) in [5.41, 5.74) is 1.23. The lowest BCUT2D eigenvalue weighted by atomic mass is 10.2. The van der Waals surface area contributed by atoms with E-state index in [1.807, 2.05) is 6.92 Å². The largest absolute Gasteiger partial charge is 0.0998 e. The van der Waals surface area contributed by atoms with Crippen molar-refractivity contribution in [3.8, 4) is 0 Å². The second kappa shape index (κ2) is 4.63. The molecule has 0 fully saturated rings. The Balaban J connectivity index is 3.16. The molecule has 0 aromatic carbocycles. The third-order valence-corrected chi connectivity index (χ3v) is 0.869. The zero-order valence-corrected chi connectivity index (χ0v) is 5.78. The van der Waals surface area contributed by atoms with Gasteiger partial charge in [0.1, 0.15) is 0 Å². The molecule has 0 aliphatic heterocycles. The standard InChI is InChI=1S/C8H14/c1-4-5-6-7-8(2)3/h5-6H,2,4,7H2,1,3H3. The Hall–Kier alpha value is -0.520. The van der Waals surface area contributed by atoms with E-state index in [0.29, 0.717) is 0 Å². The van der Waals surface area contributed by atoms with Crippen LogP contribution in [0.5, 0.6) is 0 Å². The Morgan fingerprint density at radius 3 is 2.50 bits per heavy atom. The fourth-order valence-electron chi connectivity index (χ4n) is 0.451. The van der Waals surface area contributed by atoms with Gasteiger partial charge in [-0.05, 0) is 19.8 Å². The number of allylic oxidation sites excluding steroid dienone is 3. The van der Waals surface area contributed by atoms with Crippen LogP contribution in [0.15, 0.2) is 24.3 Å². The first-order valence-corrected chi connectivity index (χ1v) is 3.06. The summed E-state index contributed by atoms with van der Waals surface area (Å²) in [4.78, 5) is 0. The summed E-state index contributed by atoms with van der Waals surface area (Å²) in [6.45, 7) is 7.95. The van der Waals surface area contributed by atoms with Crippen molar-refractivity contribution in [1.82, 2.24) is 0 Å². The Morgan fingerprint density at radius 2 is 2.12 bits per heavy atom. The average molecular weight is 110 g/mol. The van der Waals surface area contributed by atoms with Gasteiger partial charge in [0.2, 0.25) is 0 Å². The fourth-order valence-corrected chi connectivity index (χ4v) is 0.451. The van der Waals surface area contributed by atoms with Gasteiger partial charge in [0.05, 0.1) is 0 Å². The molecule has 0 aliphatic rings. The molecule has 0 saturated heterocycles. The Morgan fingerprint density at radius 1 is 1.50 bits per heavy atom. The highest BCUT2D eigenvalue weighted by Crippen LogP contribution is 1.96. The number of rotatable bonds is 3. The van der Waals surface area contributed by atoms with Gasteiger partial charge in [-0.1, -0.05) is 31.2 Å². The minimum Gasteiger partial charge on any atom is -0.0998 e. The SMILES string of the molecule is C=C(C)CC=CCC. The highest BCUT2D eigenvalue weighted by atomic mass is 13.8. The van der Waals surface area contributed by atoms with Crippen molar-refractivity contribution in [3.05, 3.63) is 24.3 Å². The van der Waals surface area contributed by atoms with Gasteiger partial charge in [0, 0.05) is 0 Å². The van der Waals surface area contributed by atoms with Gasteiger partial charge in [-0.15, -0.1) is 0 Å². The van der Waals surface area contributed by atoms with E-state index in [1.54, 1.807) is 0 Å². The highest BCUT2D eigenvalue weighted by Gasteiger charge is 1.75. The van der Waals surface area contributed by atoms with Crippen molar-refractivity contribution >= 4 is 0 Å². The fraction of sp³-hybridized carbons (Fsp3) is 0.500. The van der Waals surface area contributed by atoms with E-state index in [2.05, 4.69) is 25.7 Å². The Bertz CT molecular complexity index is 88.2. The minimum atomic E-state index is 1.04. The van der Waals surface area contributed by atoms with Crippen LogP contribution in [-0.4, -0.2) is 0 Å². The molecular formula is C8H14. The van der Waals surface area contributed by atoms with Crippen molar-refractivity contribution in [1.29, 1.82) is 0 Å². The molecular weight excluding hydrogens is 96.1 g/mol. The molecule has 0 atom stereocenters. The normalized spacial score (nSPS) is 10.2. The van der Waals surface area contributed by atoms with E-state index in [0.717, 1.165) is 12.8 Å². The van der Waals surface area contributed by atoms with E-state index in [9.17, 15) is 0 Å².